The van der Waals surface area contributed by atoms with Crippen LogP contribution in [-0.4, -0.2) is 42.2 Å². The summed E-state index contributed by atoms with van der Waals surface area (Å²) in [6.07, 6.45) is 1.38. The second-order valence-corrected chi connectivity index (χ2v) is 5.09. The molecule has 1 aliphatic rings. The third kappa shape index (κ3) is 3.61. The number of hydrogen-bond donors (Lipinski definition) is 2. The molecular formula is C14H20N2O3. The van der Waals surface area contributed by atoms with Crippen LogP contribution in [0.5, 0.6) is 5.75 Å². The van der Waals surface area contributed by atoms with Crippen LogP contribution in [0.25, 0.3) is 0 Å². The van der Waals surface area contributed by atoms with Gasteiger partial charge in [0, 0.05) is 13.6 Å². The molecule has 1 aromatic rings. The zero-order chi connectivity index (χ0) is 13.8. The molecule has 0 radical (unpaired) electrons. The van der Waals surface area contributed by atoms with E-state index < -0.39 is 0 Å². The summed E-state index contributed by atoms with van der Waals surface area (Å²) in [7, 11) is 1.75. The molecule has 0 unspecified atom stereocenters. The Hall–Kier alpha value is -1.75. The fourth-order valence-corrected chi connectivity index (χ4v) is 2.20. The summed E-state index contributed by atoms with van der Waals surface area (Å²) >= 11 is 0. The lowest BCUT2D eigenvalue weighted by atomic mass is 9.82. The van der Waals surface area contributed by atoms with Crippen molar-refractivity contribution in [3.63, 3.8) is 0 Å². The highest BCUT2D eigenvalue weighted by Crippen LogP contribution is 2.27. The van der Waals surface area contributed by atoms with Crippen LogP contribution in [0, 0.1) is 5.92 Å². The molecule has 19 heavy (non-hydrogen) atoms. The van der Waals surface area contributed by atoms with Gasteiger partial charge in [0.05, 0.1) is 11.8 Å². The van der Waals surface area contributed by atoms with Gasteiger partial charge in [0.25, 0.3) is 5.91 Å². The Morgan fingerprint density at radius 3 is 2.79 bits per heavy atom. The molecular weight excluding hydrogens is 244 g/mol. The molecule has 5 heteroatoms. The van der Waals surface area contributed by atoms with E-state index in [9.17, 15) is 9.90 Å². The van der Waals surface area contributed by atoms with Crippen molar-refractivity contribution in [2.75, 3.05) is 25.9 Å². The molecule has 1 amide bonds. The van der Waals surface area contributed by atoms with E-state index in [1.54, 1.807) is 24.1 Å². The minimum absolute atomic E-state index is 0.0139. The minimum Gasteiger partial charge on any atom is -0.482 e. The highest BCUT2D eigenvalue weighted by Gasteiger charge is 2.29. The molecule has 3 N–H and O–H groups in total. The number of nitrogen functional groups attached to an aromatic ring is 1. The van der Waals surface area contributed by atoms with Crippen molar-refractivity contribution in [1.82, 2.24) is 4.90 Å². The lowest BCUT2D eigenvalue weighted by molar-refractivity contribution is -0.133. The molecule has 1 fully saturated rings. The summed E-state index contributed by atoms with van der Waals surface area (Å²) < 4.78 is 5.41. The Morgan fingerprint density at radius 1 is 1.47 bits per heavy atom. The van der Waals surface area contributed by atoms with Gasteiger partial charge < -0.3 is 20.5 Å². The number of nitrogens with zero attached hydrogens (tertiary/aromatic N) is 1. The van der Waals surface area contributed by atoms with E-state index in [1.165, 1.54) is 0 Å². The van der Waals surface area contributed by atoms with Crippen LogP contribution in [-0.2, 0) is 4.79 Å². The van der Waals surface area contributed by atoms with Crippen molar-refractivity contribution in [1.29, 1.82) is 0 Å². The number of aliphatic hydroxyl groups excluding tert-OH is 1. The summed E-state index contributed by atoms with van der Waals surface area (Å²) in [5.41, 5.74) is 6.26. The van der Waals surface area contributed by atoms with Crippen LogP contribution in [0.2, 0.25) is 0 Å². The third-order valence-corrected chi connectivity index (χ3v) is 3.44. The van der Waals surface area contributed by atoms with Gasteiger partial charge in [0.1, 0.15) is 5.75 Å². The number of para-hydroxylation sites is 2. The smallest absolute Gasteiger partial charge is 0.260 e. The fourth-order valence-electron chi connectivity index (χ4n) is 2.20. The van der Waals surface area contributed by atoms with Gasteiger partial charge in [-0.15, -0.1) is 0 Å². The molecule has 2 rings (SSSR count). The molecule has 0 heterocycles. The van der Waals surface area contributed by atoms with Gasteiger partial charge in [0.2, 0.25) is 0 Å². The summed E-state index contributed by atoms with van der Waals surface area (Å²) in [5, 5.41) is 9.21. The summed E-state index contributed by atoms with van der Waals surface area (Å²) in [4.78, 5) is 13.5. The number of benzene rings is 1. The van der Waals surface area contributed by atoms with Gasteiger partial charge in [-0.25, -0.2) is 0 Å². The van der Waals surface area contributed by atoms with Gasteiger partial charge in [-0.05, 0) is 30.9 Å². The first-order chi connectivity index (χ1) is 9.06. The van der Waals surface area contributed by atoms with Gasteiger partial charge in [-0.3, -0.25) is 4.79 Å². The van der Waals surface area contributed by atoms with Crippen molar-refractivity contribution in [2.45, 2.75) is 18.9 Å². The van der Waals surface area contributed by atoms with Crippen molar-refractivity contribution in [3.8, 4) is 5.75 Å². The predicted octanol–water partition coefficient (Wildman–Crippen LogP) is 0.877. The first-order valence-corrected chi connectivity index (χ1v) is 6.45. The molecule has 0 aromatic heterocycles. The summed E-state index contributed by atoms with van der Waals surface area (Å²) in [6, 6.07) is 7.11. The Balaban J connectivity index is 1.76. The highest BCUT2D eigenvalue weighted by molar-refractivity contribution is 5.77. The maximum Gasteiger partial charge on any atom is 0.260 e. The first-order valence-electron chi connectivity index (χ1n) is 6.45. The Kier molecular flexibility index (Phi) is 4.27. The lowest BCUT2D eigenvalue weighted by Crippen LogP contribution is -2.41. The van der Waals surface area contributed by atoms with Crippen molar-refractivity contribution in [2.24, 2.45) is 5.92 Å². The van der Waals surface area contributed by atoms with Crippen LogP contribution >= 0.6 is 0 Å². The second kappa shape index (κ2) is 5.93. The summed E-state index contributed by atoms with van der Waals surface area (Å²) in [6.45, 7) is 0.656. The quantitative estimate of drug-likeness (QED) is 0.774. The monoisotopic (exact) mass is 264 g/mol. The van der Waals surface area contributed by atoms with Crippen molar-refractivity contribution >= 4 is 11.6 Å². The maximum absolute atomic E-state index is 11.9. The van der Waals surface area contributed by atoms with Gasteiger partial charge in [0.15, 0.2) is 6.61 Å². The van der Waals surface area contributed by atoms with Gasteiger partial charge >= 0.3 is 0 Å². The SMILES string of the molecule is CN(CC1CC(O)C1)C(=O)COc1ccccc1N. The topological polar surface area (TPSA) is 75.8 Å². The molecule has 0 atom stereocenters. The van der Waals surface area contributed by atoms with Crippen molar-refractivity contribution < 1.29 is 14.6 Å². The van der Waals surface area contributed by atoms with E-state index in [0.29, 0.717) is 23.9 Å². The second-order valence-electron chi connectivity index (χ2n) is 5.09. The van der Waals surface area contributed by atoms with Crippen LogP contribution < -0.4 is 10.5 Å². The highest BCUT2D eigenvalue weighted by atomic mass is 16.5. The Morgan fingerprint density at radius 2 is 2.16 bits per heavy atom. The number of aliphatic hydroxyl groups is 1. The average Bonchev–Trinajstić information content (AvgIpc) is 2.35. The average molecular weight is 264 g/mol. The third-order valence-electron chi connectivity index (χ3n) is 3.44. The molecule has 0 bridgehead atoms. The fraction of sp³-hybridized carbons (Fsp3) is 0.500. The normalized spacial score (nSPS) is 21.6. The van der Waals surface area contributed by atoms with Crippen LogP contribution in [0.3, 0.4) is 0 Å². The minimum atomic E-state index is -0.186. The van der Waals surface area contributed by atoms with E-state index >= 15 is 0 Å². The number of anilines is 1. The molecule has 1 aliphatic carbocycles. The Labute approximate surface area is 113 Å². The molecule has 0 aliphatic heterocycles. The first kappa shape index (κ1) is 13.7. The van der Waals surface area contributed by atoms with E-state index in [1.807, 2.05) is 12.1 Å². The Bertz CT molecular complexity index is 444. The van der Waals surface area contributed by atoms with Gasteiger partial charge in [-0.1, -0.05) is 12.1 Å². The molecule has 5 nitrogen and oxygen atoms in total. The molecule has 0 spiro atoms. The van der Waals surface area contributed by atoms with E-state index in [-0.39, 0.29) is 18.6 Å². The largest absolute Gasteiger partial charge is 0.482 e. The zero-order valence-electron chi connectivity index (χ0n) is 11.1. The standard InChI is InChI=1S/C14H20N2O3/c1-16(8-10-6-11(17)7-10)14(18)9-19-13-5-3-2-4-12(13)15/h2-5,10-11,17H,6-9,15H2,1H3. The van der Waals surface area contributed by atoms with E-state index in [4.69, 9.17) is 10.5 Å². The molecule has 104 valence electrons. The number of nitrogens with two attached hydrogens (primary N) is 1. The summed E-state index contributed by atoms with van der Waals surface area (Å²) in [5.74, 6) is 0.860. The number of rotatable bonds is 5. The van der Waals surface area contributed by atoms with Crippen molar-refractivity contribution in [3.05, 3.63) is 24.3 Å². The number of ether oxygens (including phenoxy) is 1. The van der Waals surface area contributed by atoms with E-state index in [2.05, 4.69) is 0 Å². The van der Waals surface area contributed by atoms with Crippen LogP contribution in [0.15, 0.2) is 24.3 Å². The molecule has 1 aromatic carbocycles. The van der Waals surface area contributed by atoms with Gasteiger partial charge in [-0.2, -0.15) is 0 Å². The molecule has 1 saturated carbocycles. The lowest BCUT2D eigenvalue weighted by Gasteiger charge is -2.34. The zero-order valence-corrected chi connectivity index (χ0v) is 11.1. The maximum atomic E-state index is 11.9. The number of likely N-dealkylation sites (N-methyl/N-ethyl adjacent to an activating group) is 1. The number of carbonyl (C=O) groups is 1. The number of hydrogen-bond acceptors (Lipinski definition) is 4. The number of amides is 1. The van der Waals surface area contributed by atoms with Crippen LogP contribution in [0.1, 0.15) is 12.8 Å². The van der Waals surface area contributed by atoms with Crippen LogP contribution in [0.4, 0.5) is 5.69 Å². The predicted molar refractivity (Wildman–Crippen MR) is 72.7 cm³/mol. The number of carbonyl (C=O) groups excluding carboxylic acids is 1. The molecule has 0 saturated heterocycles. The van der Waals surface area contributed by atoms with E-state index in [0.717, 1.165) is 12.8 Å².